The van der Waals surface area contributed by atoms with Crippen LogP contribution < -0.4 is 10.0 Å². The molecule has 116 valence electrons. The van der Waals surface area contributed by atoms with Crippen molar-refractivity contribution in [2.75, 3.05) is 6.26 Å². The van der Waals surface area contributed by atoms with E-state index >= 15 is 0 Å². The monoisotopic (exact) mass is 314 g/mol. The molecule has 0 radical (unpaired) electrons. The second-order valence-corrected chi connectivity index (χ2v) is 6.34. The molecule has 1 rings (SSSR count). The number of carboxylic acids is 1. The highest BCUT2D eigenvalue weighted by Gasteiger charge is 2.19. The molecule has 0 aliphatic rings. The van der Waals surface area contributed by atoms with Gasteiger partial charge in [0, 0.05) is 13.0 Å². The van der Waals surface area contributed by atoms with Crippen LogP contribution in [0.5, 0.6) is 0 Å². The van der Waals surface area contributed by atoms with Gasteiger partial charge >= 0.3 is 5.97 Å². The number of aliphatic carboxylic acids is 1. The predicted octanol–water partition coefficient (Wildman–Crippen LogP) is 0.0854. The summed E-state index contributed by atoms with van der Waals surface area (Å²) in [7, 11) is -3.61. The third kappa shape index (κ3) is 7.42. The van der Waals surface area contributed by atoms with Crippen molar-refractivity contribution in [3.8, 4) is 0 Å². The van der Waals surface area contributed by atoms with Gasteiger partial charge in [-0.05, 0) is 12.0 Å². The molecule has 0 saturated heterocycles. The summed E-state index contributed by atoms with van der Waals surface area (Å²) in [5.74, 6) is -1.80. The van der Waals surface area contributed by atoms with Crippen LogP contribution in [0.3, 0.4) is 0 Å². The van der Waals surface area contributed by atoms with Crippen molar-refractivity contribution in [1.82, 2.24) is 10.0 Å². The number of hydrogen-bond donors (Lipinski definition) is 3. The lowest BCUT2D eigenvalue weighted by molar-refractivity contribution is -0.139. The van der Waals surface area contributed by atoms with Crippen LogP contribution in [0.25, 0.3) is 0 Å². The molecule has 0 fully saturated rings. The van der Waals surface area contributed by atoms with Crippen LogP contribution in [0.1, 0.15) is 18.4 Å². The average Bonchev–Trinajstić information content (AvgIpc) is 2.37. The van der Waals surface area contributed by atoms with Crippen LogP contribution in [-0.2, 0) is 26.2 Å². The van der Waals surface area contributed by atoms with Crippen LogP contribution in [0, 0.1) is 0 Å². The first kappa shape index (κ1) is 17.1. The van der Waals surface area contributed by atoms with E-state index in [1.54, 1.807) is 4.72 Å². The maximum Gasteiger partial charge on any atom is 0.320 e. The molecule has 1 aromatic rings. The fourth-order valence-corrected chi connectivity index (χ4v) is 2.20. The predicted molar refractivity (Wildman–Crippen MR) is 76.9 cm³/mol. The number of nitrogens with one attached hydrogen (secondary N) is 2. The van der Waals surface area contributed by atoms with Gasteiger partial charge in [-0.1, -0.05) is 30.3 Å². The summed E-state index contributed by atoms with van der Waals surface area (Å²) >= 11 is 0. The maximum absolute atomic E-state index is 11.3. The minimum absolute atomic E-state index is 0.00349. The maximum atomic E-state index is 11.3. The summed E-state index contributed by atoms with van der Waals surface area (Å²) in [5, 5.41) is 11.9. The number of amides is 1. The Morgan fingerprint density at radius 1 is 1.24 bits per heavy atom. The minimum atomic E-state index is -3.61. The number of carbonyl (C=O) groups is 2. The van der Waals surface area contributed by atoms with E-state index in [2.05, 4.69) is 5.32 Å². The second kappa shape index (κ2) is 7.75. The quantitative estimate of drug-likeness (QED) is 0.626. The molecule has 3 N–H and O–H groups in total. The molecule has 1 amide bonds. The Bertz CT molecular complexity index is 586. The number of hydrogen-bond acceptors (Lipinski definition) is 5. The molecule has 1 aromatic carbocycles. The molecule has 0 aliphatic heterocycles. The lowest BCUT2D eigenvalue weighted by Gasteiger charge is -2.14. The van der Waals surface area contributed by atoms with Crippen LogP contribution in [-0.4, -0.2) is 37.7 Å². The molecule has 0 heterocycles. The molecule has 21 heavy (non-hydrogen) atoms. The normalized spacial score (nSPS) is 12.6. The lowest BCUT2D eigenvalue weighted by Crippen LogP contribution is -2.38. The summed E-state index contributed by atoms with van der Waals surface area (Å²) in [4.78, 5) is 22.5. The fourth-order valence-electron chi connectivity index (χ4n) is 1.68. The molecule has 0 bridgehead atoms. The average molecular weight is 314 g/mol. The van der Waals surface area contributed by atoms with Gasteiger partial charge in [0.25, 0.3) is 0 Å². The van der Waals surface area contributed by atoms with E-state index < -0.39 is 27.9 Å². The summed E-state index contributed by atoms with van der Waals surface area (Å²) in [6.07, 6.45) is 0.683. The zero-order valence-electron chi connectivity index (χ0n) is 11.6. The highest BCUT2D eigenvalue weighted by Crippen LogP contribution is 2.03. The van der Waals surface area contributed by atoms with Gasteiger partial charge in [0.1, 0.15) is 6.04 Å². The van der Waals surface area contributed by atoms with Crippen molar-refractivity contribution in [2.45, 2.75) is 25.4 Å². The smallest absolute Gasteiger partial charge is 0.320 e. The molecule has 0 aliphatic carbocycles. The molecule has 1 atom stereocenters. The molecular formula is C13H18N2O5S. The Morgan fingerprint density at radius 3 is 2.38 bits per heavy atom. The SMILES string of the molecule is CS(=O)(=O)NC(=O)CC[C@H](NCc1ccccc1)C(=O)O. The number of carboxylic acid groups (broad SMARTS) is 1. The molecule has 7 nitrogen and oxygen atoms in total. The zero-order valence-corrected chi connectivity index (χ0v) is 12.4. The van der Waals surface area contributed by atoms with Crippen molar-refractivity contribution in [1.29, 1.82) is 0 Å². The van der Waals surface area contributed by atoms with Crippen LogP contribution >= 0.6 is 0 Å². The van der Waals surface area contributed by atoms with Crippen LogP contribution in [0.15, 0.2) is 30.3 Å². The topological polar surface area (TPSA) is 113 Å². The van der Waals surface area contributed by atoms with Crippen LogP contribution in [0.2, 0.25) is 0 Å². The summed E-state index contributed by atoms with van der Waals surface area (Å²) < 4.78 is 23.5. The molecule has 8 heteroatoms. The van der Waals surface area contributed by atoms with E-state index in [0.717, 1.165) is 11.8 Å². The van der Waals surface area contributed by atoms with Crippen molar-refractivity contribution in [2.24, 2.45) is 0 Å². The number of benzene rings is 1. The third-order valence-electron chi connectivity index (χ3n) is 2.65. The molecule has 0 unspecified atom stereocenters. The Morgan fingerprint density at radius 2 is 1.86 bits per heavy atom. The number of sulfonamides is 1. The highest BCUT2D eigenvalue weighted by molar-refractivity contribution is 7.89. The van der Waals surface area contributed by atoms with E-state index in [0.29, 0.717) is 6.54 Å². The van der Waals surface area contributed by atoms with Crippen molar-refractivity contribution < 1.29 is 23.1 Å². The Kier molecular flexibility index (Phi) is 6.32. The Labute approximate surface area is 123 Å². The first-order valence-electron chi connectivity index (χ1n) is 6.28. The second-order valence-electron chi connectivity index (χ2n) is 4.59. The van der Waals surface area contributed by atoms with Gasteiger partial charge in [0.15, 0.2) is 0 Å². The summed E-state index contributed by atoms with van der Waals surface area (Å²) in [6, 6.07) is 8.31. The minimum Gasteiger partial charge on any atom is -0.480 e. The number of rotatable bonds is 8. The molecule has 0 saturated carbocycles. The van der Waals surface area contributed by atoms with Gasteiger partial charge in [-0.25, -0.2) is 8.42 Å². The summed E-state index contributed by atoms with van der Waals surface area (Å²) in [5.41, 5.74) is 0.921. The molecule has 0 aromatic heterocycles. The van der Waals surface area contributed by atoms with Crippen molar-refractivity contribution in [3.63, 3.8) is 0 Å². The van der Waals surface area contributed by atoms with Gasteiger partial charge in [-0.3, -0.25) is 14.3 Å². The van der Waals surface area contributed by atoms with Crippen molar-refractivity contribution >= 4 is 21.9 Å². The number of carbonyl (C=O) groups excluding carboxylic acids is 1. The van der Waals surface area contributed by atoms with Crippen LogP contribution in [0.4, 0.5) is 0 Å². The highest BCUT2D eigenvalue weighted by atomic mass is 32.2. The largest absolute Gasteiger partial charge is 0.480 e. The van der Waals surface area contributed by atoms with Gasteiger partial charge < -0.3 is 10.4 Å². The lowest BCUT2D eigenvalue weighted by atomic mass is 10.1. The van der Waals surface area contributed by atoms with Gasteiger partial charge in [0.05, 0.1) is 6.26 Å². The Balaban J connectivity index is 2.47. The zero-order chi connectivity index (χ0) is 15.9. The molecule has 0 spiro atoms. The van der Waals surface area contributed by atoms with E-state index in [1.807, 2.05) is 30.3 Å². The summed E-state index contributed by atoms with van der Waals surface area (Å²) in [6.45, 7) is 0.353. The fraction of sp³-hybridized carbons (Fsp3) is 0.385. The Hall–Kier alpha value is -1.93. The third-order valence-corrected chi connectivity index (χ3v) is 3.25. The van der Waals surface area contributed by atoms with Gasteiger partial charge in [0.2, 0.25) is 15.9 Å². The van der Waals surface area contributed by atoms with Gasteiger partial charge in [-0.15, -0.1) is 0 Å². The first-order valence-corrected chi connectivity index (χ1v) is 8.18. The van der Waals surface area contributed by atoms with E-state index in [9.17, 15) is 18.0 Å². The standard InChI is InChI=1S/C13H18N2O5S/c1-21(19,20)15-12(16)8-7-11(13(17)18)14-9-10-5-3-2-4-6-10/h2-6,11,14H,7-9H2,1H3,(H,15,16)(H,17,18)/t11-/m0/s1. The van der Waals surface area contributed by atoms with E-state index in [-0.39, 0.29) is 12.8 Å². The molecular weight excluding hydrogens is 296 g/mol. The van der Waals surface area contributed by atoms with Gasteiger partial charge in [-0.2, -0.15) is 0 Å². The van der Waals surface area contributed by atoms with E-state index in [1.165, 1.54) is 0 Å². The van der Waals surface area contributed by atoms with E-state index in [4.69, 9.17) is 5.11 Å². The van der Waals surface area contributed by atoms with Crippen molar-refractivity contribution in [3.05, 3.63) is 35.9 Å². The first-order chi connectivity index (χ1) is 9.78.